The number of aliphatic carboxylic acids is 1. The molecule has 0 spiro atoms. The lowest BCUT2D eigenvalue weighted by molar-refractivity contribution is -0.135. The lowest BCUT2D eigenvalue weighted by Gasteiger charge is -2.09. The fraction of sp³-hybridized carbons (Fsp3) is 0.167. The molecule has 1 rings (SSSR count). The van der Waals surface area contributed by atoms with Gasteiger partial charge in [0, 0.05) is 0 Å². The second-order valence-corrected chi connectivity index (χ2v) is 3.17. The molecule has 17 heavy (non-hydrogen) atoms. The Morgan fingerprint density at radius 2 is 2.12 bits per heavy atom. The number of nitrogens with one attached hydrogen (secondary N) is 1. The molecule has 1 aromatic carbocycles. The molecule has 1 aromatic rings. The van der Waals surface area contributed by atoms with Crippen LogP contribution in [0.15, 0.2) is 36.9 Å². The van der Waals surface area contributed by atoms with Crippen LogP contribution in [0.25, 0.3) is 0 Å². The number of rotatable bonds is 6. The van der Waals surface area contributed by atoms with Gasteiger partial charge in [-0.25, -0.2) is 0 Å². The molecule has 90 valence electrons. The second-order valence-electron chi connectivity index (χ2n) is 3.17. The number of benzene rings is 1. The number of hydrogen-bond acceptors (Lipinski definition) is 3. The van der Waals surface area contributed by atoms with Gasteiger partial charge in [0.2, 0.25) is 0 Å². The Morgan fingerprint density at radius 3 is 2.76 bits per heavy atom. The summed E-state index contributed by atoms with van der Waals surface area (Å²) in [6, 6.07) is 6.61. The van der Waals surface area contributed by atoms with Gasteiger partial charge >= 0.3 is 5.97 Å². The molecule has 0 radical (unpaired) electrons. The number of carboxylic acids is 1. The largest absolute Gasteiger partial charge is 0.489 e. The Bertz CT molecular complexity index is 428. The van der Waals surface area contributed by atoms with Gasteiger partial charge in [0.15, 0.2) is 0 Å². The number of hydrogen-bond donors (Lipinski definition) is 2. The number of carboxylic acid groups (broad SMARTS) is 1. The summed E-state index contributed by atoms with van der Waals surface area (Å²) in [5.74, 6) is -1.18. The normalized spacial score (nSPS) is 9.41. The molecule has 0 bridgehead atoms. The molecular weight excluding hydrogens is 222 g/mol. The van der Waals surface area contributed by atoms with Crippen molar-refractivity contribution in [1.29, 1.82) is 0 Å². The molecule has 0 unspecified atom stereocenters. The zero-order valence-electron chi connectivity index (χ0n) is 9.18. The third-order valence-electron chi connectivity index (χ3n) is 1.89. The quantitative estimate of drug-likeness (QED) is 0.723. The minimum atomic E-state index is -1.09. The zero-order chi connectivity index (χ0) is 12.7. The summed E-state index contributed by atoms with van der Waals surface area (Å²) < 4.78 is 5.29. The van der Waals surface area contributed by atoms with Crippen molar-refractivity contribution >= 4 is 11.9 Å². The van der Waals surface area contributed by atoms with E-state index < -0.39 is 18.4 Å². The minimum absolute atomic E-state index is 0.281. The number of carbonyl (C=O) groups is 2. The van der Waals surface area contributed by atoms with Gasteiger partial charge in [0.25, 0.3) is 5.91 Å². The molecule has 0 heterocycles. The summed E-state index contributed by atoms with van der Waals surface area (Å²) >= 11 is 0. The van der Waals surface area contributed by atoms with Crippen molar-refractivity contribution in [1.82, 2.24) is 5.32 Å². The molecule has 0 aliphatic rings. The highest BCUT2D eigenvalue weighted by Gasteiger charge is 2.12. The molecule has 1 amide bonds. The second kappa shape index (κ2) is 6.32. The van der Waals surface area contributed by atoms with Crippen LogP contribution in [-0.2, 0) is 4.79 Å². The van der Waals surface area contributed by atoms with Crippen molar-refractivity contribution in [3.8, 4) is 5.75 Å². The molecule has 0 aliphatic heterocycles. The first-order valence-corrected chi connectivity index (χ1v) is 4.98. The van der Waals surface area contributed by atoms with Gasteiger partial charge in [-0.1, -0.05) is 24.8 Å². The predicted octanol–water partition coefficient (Wildman–Crippen LogP) is 1.07. The fourth-order valence-corrected chi connectivity index (χ4v) is 1.18. The van der Waals surface area contributed by atoms with Gasteiger partial charge in [-0.3, -0.25) is 9.59 Å². The Balaban J connectivity index is 2.77. The maximum Gasteiger partial charge on any atom is 0.322 e. The monoisotopic (exact) mass is 235 g/mol. The van der Waals surface area contributed by atoms with E-state index in [1.54, 1.807) is 30.3 Å². The lowest BCUT2D eigenvalue weighted by atomic mass is 10.2. The minimum Gasteiger partial charge on any atom is -0.489 e. The van der Waals surface area contributed by atoms with Crippen molar-refractivity contribution in [3.63, 3.8) is 0 Å². The van der Waals surface area contributed by atoms with Gasteiger partial charge in [0.1, 0.15) is 18.9 Å². The molecule has 5 nitrogen and oxygen atoms in total. The molecule has 2 N–H and O–H groups in total. The van der Waals surface area contributed by atoms with Crippen LogP contribution in [0.2, 0.25) is 0 Å². The fourth-order valence-electron chi connectivity index (χ4n) is 1.18. The maximum absolute atomic E-state index is 11.7. The van der Waals surface area contributed by atoms with Gasteiger partial charge in [0.05, 0.1) is 5.56 Å². The van der Waals surface area contributed by atoms with Crippen LogP contribution in [0.5, 0.6) is 5.75 Å². The summed E-state index contributed by atoms with van der Waals surface area (Å²) in [6.07, 6.45) is 1.56. The van der Waals surface area contributed by atoms with Gasteiger partial charge in [-0.2, -0.15) is 0 Å². The van der Waals surface area contributed by atoms with E-state index in [4.69, 9.17) is 9.84 Å². The van der Waals surface area contributed by atoms with Crippen LogP contribution >= 0.6 is 0 Å². The van der Waals surface area contributed by atoms with E-state index in [0.717, 1.165) is 0 Å². The van der Waals surface area contributed by atoms with Crippen LogP contribution in [0.1, 0.15) is 10.4 Å². The van der Waals surface area contributed by atoms with Gasteiger partial charge in [-0.05, 0) is 12.1 Å². The highest BCUT2D eigenvalue weighted by atomic mass is 16.5. The predicted molar refractivity (Wildman–Crippen MR) is 62.1 cm³/mol. The zero-order valence-corrected chi connectivity index (χ0v) is 9.18. The van der Waals surface area contributed by atoms with Gasteiger partial charge in [-0.15, -0.1) is 0 Å². The third-order valence-corrected chi connectivity index (χ3v) is 1.89. The van der Waals surface area contributed by atoms with E-state index >= 15 is 0 Å². The van der Waals surface area contributed by atoms with E-state index in [-0.39, 0.29) is 6.61 Å². The van der Waals surface area contributed by atoms with Crippen molar-refractivity contribution < 1.29 is 19.4 Å². The summed E-state index contributed by atoms with van der Waals surface area (Å²) in [5, 5.41) is 10.7. The summed E-state index contributed by atoms with van der Waals surface area (Å²) in [4.78, 5) is 22.0. The topological polar surface area (TPSA) is 75.6 Å². The number of ether oxygens (including phenoxy) is 1. The average Bonchev–Trinajstić information content (AvgIpc) is 2.33. The van der Waals surface area contributed by atoms with E-state index in [0.29, 0.717) is 11.3 Å². The van der Waals surface area contributed by atoms with Crippen LogP contribution in [0.3, 0.4) is 0 Å². The van der Waals surface area contributed by atoms with Crippen molar-refractivity contribution in [3.05, 3.63) is 42.5 Å². The first kappa shape index (κ1) is 12.8. The number of para-hydroxylation sites is 1. The molecule has 0 fully saturated rings. The standard InChI is InChI=1S/C12H13NO4/c1-2-7-17-10-6-4-3-5-9(10)12(16)13-8-11(14)15/h2-6H,1,7-8H2,(H,13,16)(H,14,15). The van der Waals surface area contributed by atoms with Crippen molar-refractivity contribution in [2.75, 3.05) is 13.2 Å². The van der Waals surface area contributed by atoms with Gasteiger partial charge < -0.3 is 15.2 Å². The number of amides is 1. The maximum atomic E-state index is 11.7. The summed E-state index contributed by atoms with van der Waals surface area (Å²) in [6.45, 7) is 3.37. The van der Waals surface area contributed by atoms with E-state index in [9.17, 15) is 9.59 Å². The Labute approximate surface area is 98.7 Å². The lowest BCUT2D eigenvalue weighted by Crippen LogP contribution is -2.29. The molecular formula is C12H13NO4. The Hall–Kier alpha value is -2.30. The van der Waals surface area contributed by atoms with Crippen LogP contribution in [0.4, 0.5) is 0 Å². The highest BCUT2D eigenvalue weighted by Crippen LogP contribution is 2.17. The first-order chi connectivity index (χ1) is 8.15. The molecule has 0 aliphatic carbocycles. The average molecular weight is 235 g/mol. The van der Waals surface area contributed by atoms with E-state index in [1.807, 2.05) is 0 Å². The van der Waals surface area contributed by atoms with Crippen LogP contribution in [-0.4, -0.2) is 30.1 Å². The highest BCUT2D eigenvalue weighted by molar-refractivity contribution is 5.98. The Morgan fingerprint density at radius 1 is 1.41 bits per heavy atom. The van der Waals surface area contributed by atoms with Crippen molar-refractivity contribution in [2.24, 2.45) is 0 Å². The van der Waals surface area contributed by atoms with Crippen molar-refractivity contribution in [2.45, 2.75) is 0 Å². The Kier molecular flexibility index (Phi) is 4.75. The molecule has 5 heteroatoms. The summed E-state index contributed by atoms with van der Waals surface area (Å²) in [5.41, 5.74) is 0.301. The smallest absolute Gasteiger partial charge is 0.322 e. The van der Waals surface area contributed by atoms with Crippen LogP contribution < -0.4 is 10.1 Å². The molecule has 0 aromatic heterocycles. The summed E-state index contributed by atoms with van der Waals surface area (Å²) in [7, 11) is 0. The molecule has 0 saturated carbocycles. The molecule has 0 saturated heterocycles. The molecule has 0 atom stereocenters. The first-order valence-electron chi connectivity index (χ1n) is 4.98. The van der Waals surface area contributed by atoms with Crippen LogP contribution in [0, 0.1) is 0 Å². The number of carbonyl (C=O) groups excluding carboxylic acids is 1. The van der Waals surface area contributed by atoms with E-state index in [1.165, 1.54) is 0 Å². The van der Waals surface area contributed by atoms with E-state index in [2.05, 4.69) is 11.9 Å². The third kappa shape index (κ3) is 3.98. The SMILES string of the molecule is C=CCOc1ccccc1C(=O)NCC(=O)O.